The molecule has 1 aromatic carbocycles. The molecular weight excluding hydrogens is 304 g/mol. The van der Waals surface area contributed by atoms with Crippen molar-refractivity contribution >= 4 is 22.8 Å². The van der Waals surface area contributed by atoms with E-state index < -0.39 is 0 Å². The van der Waals surface area contributed by atoms with Gasteiger partial charge in [-0.3, -0.25) is 9.78 Å². The number of aryl methyl sites for hydroxylation is 1. The number of carbonyl (C=O) groups is 1. The van der Waals surface area contributed by atoms with Gasteiger partial charge in [-0.15, -0.1) is 0 Å². The van der Waals surface area contributed by atoms with Gasteiger partial charge in [0.25, 0.3) is 0 Å². The molecule has 0 bridgehead atoms. The second-order valence-corrected chi connectivity index (χ2v) is 5.83. The Morgan fingerprint density at radius 2 is 1.96 bits per heavy atom. The third kappa shape index (κ3) is 3.37. The number of rotatable bonds is 5. The third-order valence-corrected chi connectivity index (χ3v) is 3.93. The Morgan fingerprint density at radius 1 is 1.21 bits per heavy atom. The number of benzene rings is 1. The van der Waals surface area contributed by atoms with Crippen molar-refractivity contribution in [2.45, 2.75) is 33.1 Å². The fraction of sp³-hybridized carbons (Fsp3) is 0.278. The van der Waals surface area contributed by atoms with Crippen LogP contribution in [0.15, 0.2) is 35.1 Å². The van der Waals surface area contributed by atoms with Crippen molar-refractivity contribution in [2.75, 3.05) is 5.32 Å². The van der Waals surface area contributed by atoms with Gasteiger partial charge < -0.3 is 10.3 Å². The van der Waals surface area contributed by atoms with Gasteiger partial charge in [0, 0.05) is 23.4 Å². The molecule has 1 amide bonds. The molecule has 2 aromatic heterocycles. The Labute approximate surface area is 139 Å². The highest BCUT2D eigenvalue weighted by atomic mass is 16.1. The van der Waals surface area contributed by atoms with Crippen molar-refractivity contribution < 1.29 is 4.79 Å². The Kier molecular flexibility index (Phi) is 4.46. The number of unbranched alkanes of at least 4 members (excludes halogenated alkanes) is 1. The van der Waals surface area contributed by atoms with Crippen LogP contribution < -0.4 is 11.0 Å². The van der Waals surface area contributed by atoms with Crippen LogP contribution in [0.1, 0.15) is 31.9 Å². The predicted molar refractivity (Wildman–Crippen MR) is 95.0 cm³/mol. The summed E-state index contributed by atoms with van der Waals surface area (Å²) in [5.41, 5.74) is 4.51. The van der Waals surface area contributed by atoms with E-state index in [-0.39, 0.29) is 11.6 Å². The summed E-state index contributed by atoms with van der Waals surface area (Å²) in [4.78, 5) is 32.9. The fourth-order valence-corrected chi connectivity index (χ4v) is 2.64. The first kappa shape index (κ1) is 16.0. The summed E-state index contributed by atoms with van der Waals surface area (Å²) < 4.78 is 0. The minimum absolute atomic E-state index is 0.0359. The summed E-state index contributed by atoms with van der Waals surface area (Å²) in [5.74, 6) is 0.0359. The Bertz CT molecular complexity index is 922. The number of carbonyl (C=O) groups excluding carboxylic acids is 1. The van der Waals surface area contributed by atoms with Crippen LogP contribution in [0.25, 0.3) is 22.3 Å². The number of aromatic amines is 2. The minimum Gasteiger partial charge on any atom is -0.326 e. The van der Waals surface area contributed by atoms with Gasteiger partial charge in [0.15, 0.2) is 5.65 Å². The summed E-state index contributed by atoms with van der Waals surface area (Å²) in [7, 11) is 0. The summed E-state index contributed by atoms with van der Waals surface area (Å²) in [6, 6.07) is 9.54. The zero-order valence-corrected chi connectivity index (χ0v) is 13.8. The lowest BCUT2D eigenvalue weighted by molar-refractivity contribution is -0.116. The number of imidazole rings is 1. The first-order chi connectivity index (χ1) is 11.6. The molecule has 6 heteroatoms. The summed E-state index contributed by atoms with van der Waals surface area (Å²) in [6.45, 7) is 3.97. The van der Waals surface area contributed by atoms with Gasteiger partial charge in [0.2, 0.25) is 5.91 Å². The molecule has 124 valence electrons. The minimum atomic E-state index is -0.265. The van der Waals surface area contributed by atoms with E-state index in [9.17, 15) is 9.59 Å². The fourth-order valence-electron chi connectivity index (χ4n) is 2.64. The van der Waals surface area contributed by atoms with Crippen molar-refractivity contribution in [3.05, 3.63) is 46.5 Å². The highest BCUT2D eigenvalue weighted by molar-refractivity contribution is 5.91. The Balaban J connectivity index is 1.84. The molecule has 0 atom stereocenters. The quantitative estimate of drug-likeness (QED) is 0.672. The van der Waals surface area contributed by atoms with E-state index in [0.717, 1.165) is 35.3 Å². The lowest BCUT2D eigenvalue weighted by Crippen LogP contribution is -2.10. The van der Waals surface area contributed by atoms with E-state index >= 15 is 0 Å². The topological polar surface area (TPSA) is 90.6 Å². The van der Waals surface area contributed by atoms with Crippen molar-refractivity contribution in [3.63, 3.8) is 0 Å². The van der Waals surface area contributed by atoms with Crippen molar-refractivity contribution in [3.8, 4) is 11.1 Å². The zero-order valence-electron chi connectivity index (χ0n) is 13.8. The Morgan fingerprint density at radius 3 is 2.67 bits per heavy atom. The number of anilines is 1. The van der Waals surface area contributed by atoms with Crippen molar-refractivity contribution in [1.82, 2.24) is 15.0 Å². The van der Waals surface area contributed by atoms with E-state index in [1.165, 1.54) is 0 Å². The van der Waals surface area contributed by atoms with Crippen molar-refractivity contribution in [1.29, 1.82) is 0 Å². The highest BCUT2D eigenvalue weighted by Crippen LogP contribution is 2.26. The van der Waals surface area contributed by atoms with E-state index in [1.54, 1.807) is 0 Å². The van der Waals surface area contributed by atoms with Gasteiger partial charge in [-0.1, -0.05) is 25.5 Å². The largest absolute Gasteiger partial charge is 0.326 e. The van der Waals surface area contributed by atoms with Crippen LogP contribution in [0, 0.1) is 6.92 Å². The Hall–Kier alpha value is -2.89. The number of nitrogens with one attached hydrogen (secondary N) is 3. The first-order valence-electron chi connectivity index (χ1n) is 8.06. The number of aromatic nitrogens is 3. The predicted octanol–water partition coefficient (Wildman–Crippen LogP) is 3.36. The molecule has 0 radical (unpaired) electrons. The van der Waals surface area contributed by atoms with E-state index in [4.69, 9.17) is 0 Å². The number of H-pyrrole nitrogens is 2. The average Bonchev–Trinajstić information content (AvgIpc) is 2.92. The molecule has 0 spiro atoms. The SMILES string of the molecule is CCCCC(=O)Nc1ccc(-c2cc3[nH]c(=O)[nH]c3nc2C)cc1. The second-order valence-electron chi connectivity index (χ2n) is 5.83. The van der Waals surface area contributed by atoms with Crippen LogP contribution in [-0.2, 0) is 4.79 Å². The molecule has 0 aliphatic heterocycles. The lowest BCUT2D eigenvalue weighted by Gasteiger charge is -2.08. The number of hydrogen-bond donors (Lipinski definition) is 3. The van der Waals surface area contributed by atoms with E-state index in [2.05, 4.69) is 27.2 Å². The standard InChI is InChI=1S/C18H20N4O2/c1-3-4-5-16(23)20-13-8-6-12(7-9-13)14-10-15-17(19-11(14)2)22-18(24)21-15/h6-10H,3-5H2,1-2H3,(H,20,23)(H2,19,21,22,24). The summed E-state index contributed by atoms with van der Waals surface area (Å²) in [6.07, 6.45) is 2.44. The molecule has 3 rings (SSSR count). The van der Waals surface area contributed by atoms with Gasteiger partial charge >= 0.3 is 5.69 Å². The number of nitrogens with zero attached hydrogens (tertiary/aromatic N) is 1. The lowest BCUT2D eigenvalue weighted by atomic mass is 10.0. The smallest absolute Gasteiger partial charge is 0.325 e. The van der Waals surface area contributed by atoms with Gasteiger partial charge in [-0.2, -0.15) is 0 Å². The first-order valence-corrected chi connectivity index (χ1v) is 8.06. The van der Waals surface area contributed by atoms with Gasteiger partial charge in [-0.05, 0) is 37.1 Å². The number of pyridine rings is 1. The molecule has 0 saturated carbocycles. The molecule has 3 aromatic rings. The molecule has 0 fully saturated rings. The van der Waals surface area contributed by atoms with Crippen LogP contribution in [-0.4, -0.2) is 20.9 Å². The number of hydrogen-bond acceptors (Lipinski definition) is 3. The molecular formula is C18H20N4O2. The summed E-state index contributed by atoms with van der Waals surface area (Å²) in [5, 5.41) is 2.90. The van der Waals surface area contributed by atoms with Crippen LogP contribution in [0.2, 0.25) is 0 Å². The maximum atomic E-state index is 11.8. The van der Waals surface area contributed by atoms with Gasteiger partial charge in [-0.25, -0.2) is 9.78 Å². The molecule has 3 N–H and O–H groups in total. The number of fused-ring (bicyclic) bond motifs is 1. The van der Waals surface area contributed by atoms with Crippen LogP contribution in [0.5, 0.6) is 0 Å². The summed E-state index contributed by atoms with van der Waals surface area (Å²) >= 11 is 0. The van der Waals surface area contributed by atoms with Crippen molar-refractivity contribution in [2.24, 2.45) is 0 Å². The van der Waals surface area contributed by atoms with Crippen LogP contribution >= 0.6 is 0 Å². The van der Waals surface area contributed by atoms with E-state index in [1.807, 2.05) is 37.3 Å². The molecule has 2 heterocycles. The van der Waals surface area contributed by atoms with Gasteiger partial charge in [0.1, 0.15) is 0 Å². The molecule has 6 nitrogen and oxygen atoms in total. The van der Waals surface area contributed by atoms with Gasteiger partial charge in [0.05, 0.1) is 5.52 Å². The van der Waals surface area contributed by atoms with E-state index in [0.29, 0.717) is 17.6 Å². The molecule has 0 aliphatic rings. The zero-order chi connectivity index (χ0) is 17.1. The normalized spacial score (nSPS) is 10.9. The molecule has 0 unspecified atom stereocenters. The number of amides is 1. The maximum Gasteiger partial charge on any atom is 0.325 e. The highest BCUT2D eigenvalue weighted by Gasteiger charge is 2.08. The van der Waals surface area contributed by atoms with Crippen LogP contribution in [0.3, 0.4) is 0 Å². The molecule has 0 aliphatic carbocycles. The second kappa shape index (κ2) is 6.70. The van der Waals surface area contributed by atoms with Crippen LogP contribution in [0.4, 0.5) is 5.69 Å². The monoisotopic (exact) mass is 324 g/mol. The maximum absolute atomic E-state index is 11.8. The molecule has 0 saturated heterocycles. The third-order valence-electron chi connectivity index (χ3n) is 3.93. The average molecular weight is 324 g/mol. The molecule has 24 heavy (non-hydrogen) atoms.